The van der Waals surface area contributed by atoms with Crippen molar-refractivity contribution in [2.75, 3.05) is 31.3 Å². The van der Waals surface area contributed by atoms with Crippen molar-refractivity contribution in [3.63, 3.8) is 0 Å². The number of thiophene rings is 2. The fraction of sp³-hybridized carbons (Fsp3) is 0.383. The summed E-state index contributed by atoms with van der Waals surface area (Å²) in [6.07, 6.45) is 17.4. The lowest BCUT2D eigenvalue weighted by molar-refractivity contribution is 0.112. The zero-order chi connectivity index (χ0) is 37.6. The van der Waals surface area contributed by atoms with Crippen molar-refractivity contribution in [1.82, 2.24) is 0 Å². The van der Waals surface area contributed by atoms with Crippen molar-refractivity contribution in [3.05, 3.63) is 101 Å². The van der Waals surface area contributed by atoms with Gasteiger partial charge in [0.25, 0.3) is 0 Å². The van der Waals surface area contributed by atoms with E-state index >= 15 is 0 Å². The van der Waals surface area contributed by atoms with E-state index in [0.717, 1.165) is 105 Å². The summed E-state index contributed by atoms with van der Waals surface area (Å²) in [6, 6.07) is 25.6. The quantitative estimate of drug-likeness (QED) is 0.0502. The fourth-order valence-corrected chi connectivity index (χ4v) is 10.7. The van der Waals surface area contributed by atoms with Gasteiger partial charge in [-0.2, -0.15) is 0 Å². The van der Waals surface area contributed by atoms with Crippen LogP contribution in [0.4, 0.5) is 17.1 Å². The Balaban J connectivity index is 1.09. The topological polar surface area (TPSA) is 57.2 Å². The van der Waals surface area contributed by atoms with Crippen LogP contribution in [0.25, 0.3) is 20.2 Å². The normalized spacial score (nSPS) is 16.5. The number of carbonyl (C=O) groups is 1. The van der Waals surface area contributed by atoms with Crippen molar-refractivity contribution in [2.24, 2.45) is 0 Å². The molecule has 55 heavy (non-hydrogen) atoms. The van der Waals surface area contributed by atoms with E-state index in [1.807, 2.05) is 0 Å². The number of unbranched alkanes of at least 4 members (excludes halogenated alkanes) is 6. The number of hydrogen-bond donors (Lipinski definition) is 0. The van der Waals surface area contributed by atoms with E-state index in [1.165, 1.54) is 54.5 Å². The molecule has 0 saturated carbocycles. The molecule has 8 heteroatoms. The molecular weight excluding hydrogens is 723 g/mol. The Kier molecular flexibility index (Phi) is 11.9. The number of ether oxygens (including phenoxy) is 4. The minimum atomic E-state index is 0.326. The molecule has 3 aromatic carbocycles. The van der Waals surface area contributed by atoms with E-state index < -0.39 is 0 Å². The molecule has 1 aliphatic heterocycles. The standard InChI is InChI=1S/C47H51NO5S2/c1-3-5-7-9-27-50-38-23-19-36(20-24-38)48(37-21-25-39(26-22-37)51-28-10-8-6-4-2)35-17-15-34(16-18-35)45-43-44(53-30-29-52-43)47(55-45)46-42-33-13-11-32(12-14-33)41(42)40(31-49)54-46/h11,13,15-26,31-33H,3-10,12,14,27-30H2,1-2H3. The van der Waals surface area contributed by atoms with Gasteiger partial charge in [-0.25, -0.2) is 0 Å². The Morgan fingerprint density at radius 1 is 0.618 bits per heavy atom. The molecule has 0 fully saturated rings. The zero-order valence-corrected chi connectivity index (χ0v) is 33.7. The highest BCUT2D eigenvalue weighted by Crippen LogP contribution is 2.60. The van der Waals surface area contributed by atoms with E-state index in [1.54, 1.807) is 22.7 Å². The van der Waals surface area contributed by atoms with Gasteiger partial charge in [0, 0.05) is 28.9 Å². The number of rotatable bonds is 18. The molecule has 3 heterocycles. The van der Waals surface area contributed by atoms with Crippen LogP contribution in [0, 0.1) is 0 Å². The summed E-state index contributed by atoms with van der Waals surface area (Å²) in [6.45, 7) is 6.95. The van der Waals surface area contributed by atoms with E-state index in [4.69, 9.17) is 18.9 Å². The van der Waals surface area contributed by atoms with Gasteiger partial charge in [-0.3, -0.25) is 4.79 Å². The van der Waals surface area contributed by atoms with Crippen molar-refractivity contribution < 1.29 is 23.7 Å². The predicted octanol–water partition coefficient (Wildman–Crippen LogP) is 13.6. The maximum absolute atomic E-state index is 12.3. The van der Waals surface area contributed by atoms with E-state index in [-0.39, 0.29) is 0 Å². The first-order valence-electron chi connectivity index (χ1n) is 20.3. The van der Waals surface area contributed by atoms with Gasteiger partial charge in [0.05, 0.1) is 32.7 Å². The molecule has 2 unspecified atom stereocenters. The van der Waals surface area contributed by atoms with Crippen LogP contribution < -0.4 is 23.8 Å². The Morgan fingerprint density at radius 2 is 1.13 bits per heavy atom. The fourth-order valence-electron chi connectivity index (χ4n) is 8.10. The first-order chi connectivity index (χ1) is 27.2. The van der Waals surface area contributed by atoms with Crippen LogP contribution in [0.15, 0.2) is 84.9 Å². The first kappa shape index (κ1) is 37.4. The van der Waals surface area contributed by atoms with Gasteiger partial charge in [0.15, 0.2) is 17.8 Å². The molecule has 2 aromatic heterocycles. The SMILES string of the molecule is CCCCCCOc1ccc(N(c2ccc(OCCCCCC)cc2)c2ccc(-c3sc(-c4sc(C=O)c5c4C4C=CC5CC4)c4c3OCCO4)cc2)cc1. The molecule has 0 N–H and O–H groups in total. The van der Waals surface area contributed by atoms with Gasteiger partial charge >= 0.3 is 0 Å². The highest BCUT2D eigenvalue weighted by atomic mass is 32.1. The zero-order valence-electron chi connectivity index (χ0n) is 32.0. The summed E-state index contributed by atoms with van der Waals surface area (Å²) in [5.74, 6) is 4.06. The summed E-state index contributed by atoms with van der Waals surface area (Å²) in [4.78, 5) is 18.7. The van der Waals surface area contributed by atoms with E-state index in [9.17, 15) is 4.79 Å². The smallest absolute Gasteiger partial charge is 0.181 e. The molecular formula is C47H51NO5S2. The van der Waals surface area contributed by atoms with Crippen molar-refractivity contribution in [1.29, 1.82) is 0 Å². The van der Waals surface area contributed by atoms with Gasteiger partial charge in [-0.1, -0.05) is 76.7 Å². The number of carbonyl (C=O) groups excluding carboxylic acids is 1. The second-order valence-electron chi connectivity index (χ2n) is 14.7. The van der Waals surface area contributed by atoms with Gasteiger partial charge in [-0.05, 0) is 103 Å². The van der Waals surface area contributed by atoms with Crippen LogP contribution in [0.5, 0.6) is 23.0 Å². The predicted molar refractivity (Wildman–Crippen MR) is 227 cm³/mol. The van der Waals surface area contributed by atoms with Gasteiger partial charge in [0.1, 0.15) is 24.7 Å². The molecule has 4 aliphatic rings. The molecule has 0 spiro atoms. The van der Waals surface area contributed by atoms with Crippen LogP contribution in [0.3, 0.4) is 0 Å². The molecule has 2 bridgehead atoms. The molecule has 2 atom stereocenters. The first-order valence-corrected chi connectivity index (χ1v) is 21.9. The third-order valence-corrected chi connectivity index (χ3v) is 13.5. The maximum atomic E-state index is 12.3. The molecule has 0 amide bonds. The van der Waals surface area contributed by atoms with E-state index in [0.29, 0.717) is 25.0 Å². The van der Waals surface area contributed by atoms with Gasteiger partial charge in [-0.15, -0.1) is 22.7 Å². The molecule has 6 nitrogen and oxygen atoms in total. The van der Waals surface area contributed by atoms with E-state index in [2.05, 4.69) is 104 Å². The minimum absolute atomic E-state index is 0.326. The molecule has 0 radical (unpaired) electrons. The van der Waals surface area contributed by atoms with Crippen LogP contribution in [0.2, 0.25) is 0 Å². The second kappa shape index (κ2) is 17.5. The molecule has 3 aliphatic carbocycles. The van der Waals surface area contributed by atoms with Crippen molar-refractivity contribution in [2.45, 2.75) is 89.9 Å². The Morgan fingerprint density at radius 3 is 1.64 bits per heavy atom. The Labute approximate surface area is 333 Å². The highest BCUT2D eigenvalue weighted by Gasteiger charge is 2.38. The lowest BCUT2D eigenvalue weighted by Gasteiger charge is -2.32. The largest absolute Gasteiger partial charge is 0.494 e. The monoisotopic (exact) mass is 773 g/mol. The van der Waals surface area contributed by atoms with Crippen LogP contribution in [-0.2, 0) is 0 Å². The van der Waals surface area contributed by atoms with Crippen LogP contribution in [0.1, 0.15) is 111 Å². The maximum Gasteiger partial charge on any atom is 0.181 e. The van der Waals surface area contributed by atoms with Crippen LogP contribution in [-0.4, -0.2) is 32.7 Å². The number of aldehydes is 1. The van der Waals surface area contributed by atoms with Crippen molar-refractivity contribution in [3.8, 4) is 43.2 Å². The third kappa shape index (κ3) is 7.94. The summed E-state index contributed by atoms with van der Waals surface area (Å²) < 4.78 is 24.9. The average Bonchev–Trinajstić information content (AvgIpc) is 3.83. The summed E-state index contributed by atoms with van der Waals surface area (Å²) in [5, 5.41) is 0. The third-order valence-electron chi connectivity index (χ3n) is 10.9. The summed E-state index contributed by atoms with van der Waals surface area (Å²) >= 11 is 3.33. The van der Waals surface area contributed by atoms with Gasteiger partial charge in [0.2, 0.25) is 0 Å². The number of allylic oxidation sites excluding steroid dienone is 2. The Bertz CT molecular complexity index is 2020. The number of fused-ring (bicyclic) bond motifs is 2. The summed E-state index contributed by atoms with van der Waals surface area (Å²) in [5.41, 5.74) is 6.76. The second-order valence-corrected chi connectivity index (χ2v) is 16.8. The van der Waals surface area contributed by atoms with Crippen LogP contribution >= 0.6 is 22.7 Å². The lowest BCUT2D eigenvalue weighted by Crippen LogP contribution is -2.17. The number of hydrogen-bond acceptors (Lipinski definition) is 8. The molecule has 0 saturated heterocycles. The minimum Gasteiger partial charge on any atom is -0.494 e. The van der Waals surface area contributed by atoms with Crippen molar-refractivity contribution >= 4 is 46.0 Å². The summed E-state index contributed by atoms with van der Waals surface area (Å²) in [7, 11) is 0. The number of nitrogens with zero attached hydrogens (tertiary/aromatic N) is 1. The average molecular weight is 774 g/mol. The highest BCUT2D eigenvalue weighted by molar-refractivity contribution is 7.25. The molecule has 5 aromatic rings. The van der Waals surface area contributed by atoms with Gasteiger partial charge < -0.3 is 23.8 Å². The molecule has 286 valence electrons. The molecule has 9 rings (SSSR count). The number of benzene rings is 3. The lowest BCUT2D eigenvalue weighted by atomic mass is 9.71. The Hall–Kier alpha value is -4.53. The number of anilines is 3.